The average Bonchev–Trinajstić information content (AvgIpc) is 2.85. The van der Waals surface area contributed by atoms with Gasteiger partial charge in [-0.2, -0.15) is 0 Å². The Hall–Kier alpha value is -1.15. The second kappa shape index (κ2) is 6.53. The van der Waals surface area contributed by atoms with E-state index in [1.807, 2.05) is 6.92 Å². The van der Waals surface area contributed by atoms with Crippen LogP contribution in [0.15, 0.2) is 4.34 Å². The molecule has 0 saturated heterocycles. The summed E-state index contributed by atoms with van der Waals surface area (Å²) in [5.74, 6) is -0.964. The molecule has 1 aromatic heterocycles. The van der Waals surface area contributed by atoms with Crippen LogP contribution in [0.2, 0.25) is 0 Å². The molecule has 20 heavy (non-hydrogen) atoms. The third-order valence-corrected chi connectivity index (χ3v) is 5.41. The zero-order chi connectivity index (χ0) is 14.6. The number of hydrogen-bond acceptors (Lipinski definition) is 6. The first-order valence-electron chi connectivity index (χ1n) is 6.49. The van der Waals surface area contributed by atoms with Crippen molar-refractivity contribution in [1.29, 1.82) is 0 Å². The summed E-state index contributed by atoms with van der Waals surface area (Å²) in [6, 6.07) is 0. The number of carboxylic acids is 1. The molecule has 0 aliphatic heterocycles. The van der Waals surface area contributed by atoms with Gasteiger partial charge in [-0.1, -0.05) is 49.3 Å². The molecule has 0 aromatic carbocycles. The van der Waals surface area contributed by atoms with E-state index in [0.717, 1.165) is 37.4 Å². The van der Waals surface area contributed by atoms with E-state index >= 15 is 0 Å². The van der Waals surface area contributed by atoms with Crippen LogP contribution in [0.5, 0.6) is 0 Å². The molecule has 8 heteroatoms. The predicted octanol–water partition coefficient (Wildman–Crippen LogP) is 2.62. The standard InChI is InChI=1S/C12H17N3O3S2/c1-12(5-3-2-4-6-12)9(18)13-10-14-15-11(20-10)19-7-8(16)17/h2-7H2,1H3,(H,16,17)(H,13,14,18). The van der Waals surface area contributed by atoms with E-state index in [9.17, 15) is 9.59 Å². The van der Waals surface area contributed by atoms with Crippen molar-refractivity contribution in [3.05, 3.63) is 0 Å². The molecule has 0 radical (unpaired) electrons. The second-order valence-corrected chi connectivity index (χ2v) is 7.33. The van der Waals surface area contributed by atoms with E-state index in [1.165, 1.54) is 17.8 Å². The number of anilines is 1. The van der Waals surface area contributed by atoms with Gasteiger partial charge in [-0.3, -0.25) is 9.59 Å². The highest BCUT2D eigenvalue weighted by Gasteiger charge is 2.34. The molecule has 0 unspecified atom stereocenters. The van der Waals surface area contributed by atoms with Gasteiger partial charge in [0.1, 0.15) is 0 Å². The largest absolute Gasteiger partial charge is 0.481 e. The number of aliphatic carboxylic acids is 1. The predicted molar refractivity (Wildman–Crippen MR) is 78.1 cm³/mol. The Kier molecular flexibility index (Phi) is 4.98. The van der Waals surface area contributed by atoms with Gasteiger partial charge in [0.2, 0.25) is 11.0 Å². The summed E-state index contributed by atoms with van der Waals surface area (Å²) in [5.41, 5.74) is -0.321. The first-order chi connectivity index (χ1) is 9.49. The molecule has 110 valence electrons. The van der Waals surface area contributed by atoms with Crippen LogP contribution in [0, 0.1) is 5.41 Å². The Morgan fingerprint density at radius 1 is 1.35 bits per heavy atom. The first kappa shape index (κ1) is 15.2. The maximum atomic E-state index is 12.3. The van der Waals surface area contributed by atoms with Gasteiger partial charge < -0.3 is 10.4 Å². The van der Waals surface area contributed by atoms with Gasteiger partial charge in [-0.25, -0.2) is 0 Å². The van der Waals surface area contributed by atoms with Gasteiger partial charge in [0, 0.05) is 5.41 Å². The Morgan fingerprint density at radius 3 is 2.70 bits per heavy atom. The van der Waals surface area contributed by atoms with Crippen LogP contribution in [-0.4, -0.2) is 32.9 Å². The molecule has 1 amide bonds. The maximum absolute atomic E-state index is 12.3. The van der Waals surface area contributed by atoms with Crippen LogP contribution in [0.4, 0.5) is 5.13 Å². The van der Waals surface area contributed by atoms with Gasteiger partial charge in [-0.15, -0.1) is 10.2 Å². The Bertz CT molecular complexity index is 498. The zero-order valence-corrected chi connectivity index (χ0v) is 12.9. The van der Waals surface area contributed by atoms with Crippen molar-refractivity contribution in [3.63, 3.8) is 0 Å². The topological polar surface area (TPSA) is 92.2 Å². The summed E-state index contributed by atoms with van der Waals surface area (Å²) in [5, 5.41) is 19.6. The minimum Gasteiger partial charge on any atom is -0.481 e. The van der Waals surface area contributed by atoms with Gasteiger partial charge in [-0.05, 0) is 12.8 Å². The number of amides is 1. The van der Waals surface area contributed by atoms with E-state index in [-0.39, 0.29) is 17.1 Å². The lowest BCUT2D eigenvalue weighted by atomic mass is 9.75. The van der Waals surface area contributed by atoms with Crippen LogP contribution in [0.3, 0.4) is 0 Å². The summed E-state index contributed by atoms with van der Waals surface area (Å²) in [6.07, 6.45) is 5.16. The summed E-state index contributed by atoms with van der Waals surface area (Å²) in [6.45, 7) is 1.99. The highest BCUT2D eigenvalue weighted by Crippen LogP contribution is 2.37. The molecule has 0 atom stereocenters. The van der Waals surface area contributed by atoms with E-state index in [0.29, 0.717) is 9.47 Å². The van der Waals surface area contributed by atoms with Crippen molar-refractivity contribution < 1.29 is 14.7 Å². The zero-order valence-electron chi connectivity index (χ0n) is 11.2. The van der Waals surface area contributed by atoms with Crippen molar-refractivity contribution in [1.82, 2.24) is 10.2 Å². The fourth-order valence-electron chi connectivity index (χ4n) is 2.25. The number of carbonyl (C=O) groups is 2. The third-order valence-electron chi connectivity index (χ3n) is 3.45. The number of aromatic nitrogens is 2. The lowest BCUT2D eigenvalue weighted by molar-refractivity contribution is -0.134. The van der Waals surface area contributed by atoms with Gasteiger partial charge in [0.15, 0.2) is 4.34 Å². The van der Waals surface area contributed by atoms with Crippen molar-refractivity contribution in [2.75, 3.05) is 11.1 Å². The molecule has 1 aliphatic rings. The molecule has 2 rings (SSSR count). The number of carboxylic acid groups (broad SMARTS) is 1. The SMILES string of the molecule is CC1(C(=O)Nc2nnc(SCC(=O)O)s2)CCCCC1. The summed E-state index contributed by atoms with van der Waals surface area (Å²) >= 11 is 2.32. The van der Waals surface area contributed by atoms with Crippen molar-refractivity contribution in [3.8, 4) is 0 Å². The minimum absolute atomic E-state index is 0.0110. The second-order valence-electron chi connectivity index (χ2n) is 5.13. The van der Waals surface area contributed by atoms with E-state index in [1.54, 1.807) is 0 Å². The maximum Gasteiger partial charge on any atom is 0.313 e. The molecule has 2 N–H and O–H groups in total. The van der Waals surface area contributed by atoms with Gasteiger partial charge >= 0.3 is 5.97 Å². The van der Waals surface area contributed by atoms with Gasteiger partial charge in [0.05, 0.1) is 5.75 Å². The minimum atomic E-state index is -0.898. The fraction of sp³-hybridized carbons (Fsp3) is 0.667. The van der Waals surface area contributed by atoms with E-state index in [2.05, 4.69) is 15.5 Å². The highest BCUT2D eigenvalue weighted by atomic mass is 32.2. The lowest BCUT2D eigenvalue weighted by Crippen LogP contribution is -2.35. The number of thioether (sulfide) groups is 1. The van der Waals surface area contributed by atoms with E-state index < -0.39 is 5.97 Å². The monoisotopic (exact) mass is 315 g/mol. The fourth-order valence-corrected chi connectivity index (χ4v) is 3.72. The number of nitrogens with zero attached hydrogens (tertiary/aromatic N) is 2. The molecule has 1 aromatic rings. The first-order valence-corrected chi connectivity index (χ1v) is 8.29. The number of hydrogen-bond donors (Lipinski definition) is 2. The molecule has 1 fully saturated rings. The van der Waals surface area contributed by atoms with E-state index in [4.69, 9.17) is 5.11 Å². The highest BCUT2D eigenvalue weighted by molar-refractivity contribution is 8.01. The van der Waals surface area contributed by atoms with Crippen LogP contribution in [0.1, 0.15) is 39.0 Å². The van der Waals surface area contributed by atoms with Crippen LogP contribution < -0.4 is 5.32 Å². The molecule has 6 nitrogen and oxygen atoms in total. The molecule has 1 heterocycles. The molecule has 0 bridgehead atoms. The summed E-state index contributed by atoms with van der Waals surface area (Å²) in [7, 11) is 0. The quantitative estimate of drug-likeness (QED) is 0.641. The summed E-state index contributed by atoms with van der Waals surface area (Å²) < 4.78 is 0.552. The Morgan fingerprint density at radius 2 is 2.05 bits per heavy atom. The molecule has 1 saturated carbocycles. The van der Waals surface area contributed by atoms with Crippen LogP contribution in [0.25, 0.3) is 0 Å². The Labute approximate surface area is 125 Å². The molecule has 1 aliphatic carbocycles. The van der Waals surface area contributed by atoms with Crippen molar-refractivity contribution in [2.24, 2.45) is 5.41 Å². The van der Waals surface area contributed by atoms with Gasteiger partial charge in [0.25, 0.3) is 0 Å². The average molecular weight is 315 g/mol. The third kappa shape index (κ3) is 3.92. The van der Waals surface area contributed by atoms with Crippen molar-refractivity contribution >= 4 is 40.1 Å². The van der Waals surface area contributed by atoms with Crippen LogP contribution in [-0.2, 0) is 9.59 Å². The molecular weight excluding hydrogens is 298 g/mol. The normalized spacial score (nSPS) is 17.6. The summed E-state index contributed by atoms with van der Waals surface area (Å²) in [4.78, 5) is 22.8. The Balaban J connectivity index is 1.92. The number of rotatable bonds is 5. The smallest absolute Gasteiger partial charge is 0.313 e. The number of nitrogens with one attached hydrogen (secondary N) is 1. The number of carbonyl (C=O) groups excluding carboxylic acids is 1. The molecular formula is C12H17N3O3S2. The van der Waals surface area contributed by atoms with Crippen molar-refractivity contribution in [2.45, 2.75) is 43.4 Å². The lowest BCUT2D eigenvalue weighted by Gasteiger charge is -2.31. The van der Waals surface area contributed by atoms with Crippen LogP contribution >= 0.6 is 23.1 Å². The molecule has 0 spiro atoms.